The molecule has 1 aliphatic rings. The first-order valence-electron chi connectivity index (χ1n) is 5.82. The maximum absolute atomic E-state index is 11.4. The second-order valence-electron chi connectivity index (χ2n) is 4.41. The van der Waals surface area contributed by atoms with E-state index in [0.29, 0.717) is 5.82 Å². The monoisotopic (exact) mass is 243 g/mol. The van der Waals surface area contributed by atoms with Crippen molar-refractivity contribution in [2.24, 2.45) is 0 Å². The van der Waals surface area contributed by atoms with Gasteiger partial charge >= 0.3 is 0 Å². The highest BCUT2D eigenvalue weighted by Gasteiger charge is 2.31. The van der Waals surface area contributed by atoms with E-state index in [4.69, 9.17) is 0 Å². The first-order valence-corrected chi connectivity index (χ1v) is 5.82. The number of aromatic amines is 1. The number of nitrogens with zero attached hydrogens (tertiary/aromatic N) is 4. The van der Waals surface area contributed by atoms with Gasteiger partial charge in [0, 0.05) is 37.5 Å². The molecule has 0 aliphatic carbocycles. The van der Waals surface area contributed by atoms with E-state index in [1.54, 1.807) is 31.5 Å². The molecule has 0 atom stereocenters. The summed E-state index contributed by atoms with van der Waals surface area (Å²) in [5.41, 5.74) is 0.760. The summed E-state index contributed by atoms with van der Waals surface area (Å²) in [6, 6.07) is 3.36. The number of hydrogen-bond acceptors (Lipinski definition) is 5. The minimum atomic E-state index is -0.0908. The molecule has 2 aromatic rings. The highest BCUT2D eigenvalue weighted by atomic mass is 16.1. The van der Waals surface area contributed by atoms with E-state index in [-0.39, 0.29) is 11.5 Å². The fraction of sp³-hybridized carbons (Fsp3) is 0.333. The van der Waals surface area contributed by atoms with Gasteiger partial charge in [-0.2, -0.15) is 0 Å². The van der Waals surface area contributed by atoms with Gasteiger partial charge in [0.2, 0.25) is 5.95 Å². The van der Waals surface area contributed by atoms with E-state index in [2.05, 4.69) is 24.8 Å². The highest BCUT2D eigenvalue weighted by molar-refractivity contribution is 5.37. The number of aryl methyl sites for hydroxylation is 1. The molecule has 0 radical (unpaired) electrons. The summed E-state index contributed by atoms with van der Waals surface area (Å²) >= 11 is 0. The Labute approximate surface area is 104 Å². The smallest absolute Gasteiger partial charge is 0.251 e. The van der Waals surface area contributed by atoms with Crippen molar-refractivity contribution in [3.8, 4) is 0 Å². The molecule has 1 aliphatic heterocycles. The second kappa shape index (κ2) is 4.21. The second-order valence-corrected chi connectivity index (χ2v) is 4.41. The van der Waals surface area contributed by atoms with E-state index in [9.17, 15) is 4.79 Å². The van der Waals surface area contributed by atoms with Crippen molar-refractivity contribution in [2.75, 3.05) is 18.0 Å². The van der Waals surface area contributed by atoms with Crippen LogP contribution in [0.1, 0.15) is 17.4 Å². The number of nitrogens with one attached hydrogen (secondary N) is 1. The zero-order chi connectivity index (χ0) is 12.5. The van der Waals surface area contributed by atoms with Gasteiger partial charge in [-0.3, -0.25) is 4.79 Å². The van der Waals surface area contributed by atoms with Gasteiger partial charge in [0.25, 0.3) is 5.56 Å². The maximum Gasteiger partial charge on any atom is 0.251 e. The third-order valence-electron chi connectivity index (χ3n) is 3.01. The van der Waals surface area contributed by atoms with Gasteiger partial charge in [0.15, 0.2) is 0 Å². The topological polar surface area (TPSA) is 74.8 Å². The van der Waals surface area contributed by atoms with Crippen molar-refractivity contribution < 1.29 is 0 Å². The molecule has 6 nitrogen and oxygen atoms in total. The van der Waals surface area contributed by atoms with Crippen molar-refractivity contribution in [3.63, 3.8) is 0 Å². The summed E-state index contributed by atoms with van der Waals surface area (Å²) in [6.07, 6.45) is 3.45. The van der Waals surface area contributed by atoms with E-state index in [1.165, 1.54) is 0 Å². The van der Waals surface area contributed by atoms with Crippen LogP contribution < -0.4 is 10.5 Å². The maximum atomic E-state index is 11.4. The van der Waals surface area contributed by atoms with Crippen LogP contribution in [0.25, 0.3) is 0 Å². The van der Waals surface area contributed by atoms with Gasteiger partial charge in [-0.25, -0.2) is 15.0 Å². The SMILES string of the molecule is Cc1nc(C2CN(c3ncccn3)C2)cc(=O)[nH]1. The Morgan fingerprint density at radius 3 is 2.72 bits per heavy atom. The summed E-state index contributed by atoms with van der Waals surface area (Å²) in [5.74, 6) is 1.68. The quantitative estimate of drug-likeness (QED) is 0.830. The lowest BCUT2D eigenvalue weighted by atomic mass is 9.96. The normalized spacial score (nSPS) is 15.5. The minimum Gasteiger partial charge on any atom is -0.339 e. The average molecular weight is 243 g/mol. The van der Waals surface area contributed by atoms with Gasteiger partial charge in [-0.15, -0.1) is 0 Å². The summed E-state index contributed by atoms with van der Waals surface area (Å²) in [6.45, 7) is 3.40. The van der Waals surface area contributed by atoms with Gasteiger partial charge < -0.3 is 9.88 Å². The fourth-order valence-corrected chi connectivity index (χ4v) is 2.10. The van der Waals surface area contributed by atoms with Crippen LogP contribution in [-0.4, -0.2) is 33.0 Å². The molecule has 3 heterocycles. The van der Waals surface area contributed by atoms with Gasteiger partial charge in [0.05, 0.1) is 5.69 Å². The van der Waals surface area contributed by atoms with Crippen LogP contribution in [0.5, 0.6) is 0 Å². The molecule has 0 unspecified atom stereocenters. The summed E-state index contributed by atoms with van der Waals surface area (Å²) in [5, 5.41) is 0. The van der Waals surface area contributed by atoms with Crippen LogP contribution in [0.3, 0.4) is 0 Å². The van der Waals surface area contributed by atoms with E-state index in [0.717, 1.165) is 24.7 Å². The van der Waals surface area contributed by atoms with Crippen LogP contribution in [-0.2, 0) is 0 Å². The predicted molar refractivity (Wildman–Crippen MR) is 66.6 cm³/mol. The molecule has 1 saturated heterocycles. The third kappa shape index (κ3) is 1.97. The number of H-pyrrole nitrogens is 1. The predicted octanol–water partition coefficient (Wildman–Crippen LogP) is 0.472. The van der Waals surface area contributed by atoms with Gasteiger partial charge in [-0.1, -0.05) is 0 Å². The van der Waals surface area contributed by atoms with Crippen LogP contribution in [0.2, 0.25) is 0 Å². The molecule has 0 aromatic carbocycles. The van der Waals surface area contributed by atoms with Gasteiger partial charge in [0.1, 0.15) is 5.82 Å². The zero-order valence-corrected chi connectivity index (χ0v) is 10.00. The van der Waals surface area contributed by atoms with Crippen molar-refractivity contribution in [2.45, 2.75) is 12.8 Å². The Morgan fingerprint density at radius 2 is 2.06 bits per heavy atom. The Kier molecular flexibility index (Phi) is 2.55. The van der Waals surface area contributed by atoms with E-state index >= 15 is 0 Å². The number of hydrogen-bond donors (Lipinski definition) is 1. The standard InChI is InChI=1S/C12H13N5O/c1-8-15-10(5-11(18)16-8)9-6-17(7-9)12-13-3-2-4-14-12/h2-5,9H,6-7H2,1H3,(H,15,16,18). The number of anilines is 1. The summed E-state index contributed by atoms with van der Waals surface area (Å²) in [4.78, 5) is 28.8. The number of aromatic nitrogens is 4. The third-order valence-corrected chi connectivity index (χ3v) is 3.01. The fourth-order valence-electron chi connectivity index (χ4n) is 2.10. The minimum absolute atomic E-state index is 0.0908. The van der Waals surface area contributed by atoms with Crippen LogP contribution >= 0.6 is 0 Å². The van der Waals surface area contributed by atoms with Crippen LogP contribution in [0.4, 0.5) is 5.95 Å². The van der Waals surface area contributed by atoms with Crippen LogP contribution in [0.15, 0.2) is 29.3 Å². The lowest BCUT2D eigenvalue weighted by Crippen LogP contribution is -2.46. The molecule has 0 bridgehead atoms. The molecule has 0 saturated carbocycles. The van der Waals surface area contributed by atoms with Crippen LogP contribution in [0, 0.1) is 6.92 Å². The molecular weight excluding hydrogens is 230 g/mol. The van der Waals surface area contributed by atoms with Crippen molar-refractivity contribution >= 4 is 5.95 Å². The van der Waals surface area contributed by atoms with Crippen molar-refractivity contribution in [1.82, 2.24) is 19.9 Å². The zero-order valence-electron chi connectivity index (χ0n) is 10.00. The number of rotatable bonds is 2. The lowest BCUT2D eigenvalue weighted by Gasteiger charge is -2.38. The molecular formula is C12H13N5O. The molecule has 92 valence electrons. The molecule has 1 fully saturated rings. The molecule has 0 spiro atoms. The first-order chi connectivity index (χ1) is 8.72. The Hall–Kier alpha value is -2.24. The summed E-state index contributed by atoms with van der Waals surface area (Å²) < 4.78 is 0. The summed E-state index contributed by atoms with van der Waals surface area (Å²) in [7, 11) is 0. The molecule has 18 heavy (non-hydrogen) atoms. The Bertz CT molecular complexity index is 603. The van der Waals surface area contributed by atoms with Crippen molar-refractivity contribution in [1.29, 1.82) is 0 Å². The Morgan fingerprint density at radius 1 is 1.33 bits per heavy atom. The molecule has 0 amide bonds. The highest BCUT2D eigenvalue weighted by Crippen LogP contribution is 2.27. The molecule has 6 heteroatoms. The van der Waals surface area contributed by atoms with Crippen molar-refractivity contribution in [3.05, 3.63) is 46.4 Å². The largest absolute Gasteiger partial charge is 0.339 e. The Balaban J connectivity index is 1.74. The molecule has 2 aromatic heterocycles. The molecule has 1 N–H and O–H groups in total. The van der Waals surface area contributed by atoms with E-state index in [1.807, 2.05) is 0 Å². The van der Waals surface area contributed by atoms with E-state index < -0.39 is 0 Å². The van der Waals surface area contributed by atoms with Gasteiger partial charge in [-0.05, 0) is 13.0 Å². The lowest BCUT2D eigenvalue weighted by molar-refractivity contribution is 0.500. The first kappa shape index (κ1) is 10.9. The molecule has 3 rings (SSSR count). The average Bonchev–Trinajstić information content (AvgIpc) is 2.27.